The molecule has 0 aromatic heterocycles. The highest BCUT2D eigenvalue weighted by atomic mass is 32.2. The summed E-state index contributed by atoms with van der Waals surface area (Å²) in [5, 5.41) is 0. The lowest BCUT2D eigenvalue weighted by molar-refractivity contribution is -0.137. The predicted molar refractivity (Wildman–Crippen MR) is 104 cm³/mol. The van der Waals surface area contributed by atoms with Crippen LogP contribution in [-0.4, -0.2) is 30.4 Å². The lowest BCUT2D eigenvalue weighted by Gasteiger charge is -2.17. The average molecular weight is 367 g/mol. The number of thioether (sulfide) groups is 1. The Kier molecular flexibility index (Phi) is 5.47. The van der Waals surface area contributed by atoms with E-state index in [-0.39, 0.29) is 17.7 Å². The fourth-order valence-corrected chi connectivity index (χ4v) is 3.90. The third-order valence-corrected chi connectivity index (χ3v) is 5.10. The van der Waals surface area contributed by atoms with E-state index in [1.54, 1.807) is 13.2 Å². The molecule has 1 aliphatic heterocycles. The highest BCUT2D eigenvalue weighted by molar-refractivity contribution is 8.04. The maximum absolute atomic E-state index is 13.1. The van der Waals surface area contributed by atoms with Gasteiger partial charge in [0.15, 0.2) is 0 Å². The van der Waals surface area contributed by atoms with E-state index in [1.807, 2.05) is 62.4 Å². The molecule has 134 valence electrons. The first kappa shape index (κ1) is 18.3. The predicted octanol–water partition coefficient (Wildman–Crippen LogP) is 4.22. The topological polar surface area (TPSA) is 46.6 Å². The second kappa shape index (κ2) is 7.79. The molecule has 0 saturated heterocycles. The monoisotopic (exact) mass is 367 g/mol. The fourth-order valence-electron chi connectivity index (χ4n) is 2.87. The zero-order chi connectivity index (χ0) is 18.7. The van der Waals surface area contributed by atoms with E-state index in [2.05, 4.69) is 0 Å². The molecule has 0 unspecified atom stereocenters. The average Bonchev–Trinajstić information content (AvgIpc) is 2.86. The third kappa shape index (κ3) is 3.53. The van der Waals surface area contributed by atoms with Gasteiger partial charge in [-0.15, -0.1) is 0 Å². The third-order valence-electron chi connectivity index (χ3n) is 4.01. The van der Waals surface area contributed by atoms with E-state index in [4.69, 9.17) is 4.74 Å². The van der Waals surface area contributed by atoms with E-state index >= 15 is 0 Å². The lowest BCUT2D eigenvalue weighted by atomic mass is 10.0. The van der Waals surface area contributed by atoms with Gasteiger partial charge in [-0.2, -0.15) is 0 Å². The van der Waals surface area contributed by atoms with Crippen LogP contribution in [0.15, 0.2) is 64.4 Å². The van der Waals surface area contributed by atoms with Crippen LogP contribution in [0.5, 0.6) is 5.75 Å². The van der Waals surface area contributed by atoms with Crippen LogP contribution in [0, 0.1) is 5.92 Å². The normalized spacial score (nSPS) is 14.5. The van der Waals surface area contributed by atoms with Gasteiger partial charge in [0.25, 0.3) is 11.8 Å². The van der Waals surface area contributed by atoms with Crippen molar-refractivity contribution in [1.29, 1.82) is 0 Å². The molecule has 0 saturated carbocycles. The molecule has 2 amide bonds. The maximum Gasteiger partial charge on any atom is 0.268 e. The Morgan fingerprint density at radius 3 is 2.27 bits per heavy atom. The molecule has 0 N–H and O–H groups in total. The molecule has 4 nitrogen and oxygen atoms in total. The largest absolute Gasteiger partial charge is 0.496 e. The number of methoxy groups -OCH3 is 1. The van der Waals surface area contributed by atoms with Crippen LogP contribution >= 0.6 is 11.8 Å². The summed E-state index contributed by atoms with van der Waals surface area (Å²) in [4.78, 5) is 28.8. The van der Waals surface area contributed by atoms with E-state index in [1.165, 1.54) is 16.7 Å². The number of hydrogen-bond donors (Lipinski definition) is 0. The van der Waals surface area contributed by atoms with Gasteiger partial charge >= 0.3 is 0 Å². The van der Waals surface area contributed by atoms with E-state index in [0.29, 0.717) is 28.3 Å². The van der Waals surface area contributed by atoms with E-state index in [0.717, 1.165) is 4.90 Å². The zero-order valence-corrected chi connectivity index (χ0v) is 15.9. The van der Waals surface area contributed by atoms with Gasteiger partial charge in [0.2, 0.25) is 0 Å². The molecule has 3 rings (SSSR count). The number of ether oxygens (including phenoxy) is 1. The molecule has 0 fully saturated rings. The van der Waals surface area contributed by atoms with Gasteiger partial charge in [0, 0.05) is 17.0 Å². The van der Waals surface area contributed by atoms with Gasteiger partial charge < -0.3 is 4.74 Å². The molecule has 5 heteroatoms. The molecule has 0 radical (unpaired) electrons. The standard InChI is InChI=1S/C21H21NO3S/c1-14(2)13-22-20(23)18(16-11-7-8-12-17(16)25-3)19(21(22)24)26-15-9-5-4-6-10-15/h4-12,14H,13H2,1-3H3. The maximum atomic E-state index is 13.1. The summed E-state index contributed by atoms with van der Waals surface area (Å²) >= 11 is 1.33. The minimum absolute atomic E-state index is 0.197. The van der Waals surface area contributed by atoms with Crippen LogP contribution in [0.2, 0.25) is 0 Å². The van der Waals surface area contributed by atoms with Crippen molar-refractivity contribution in [2.45, 2.75) is 18.7 Å². The second-order valence-corrected chi connectivity index (χ2v) is 7.52. The molecular formula is C21H21NO3S. The molecule has 1 heterocycles. The summed E-state index contributed by atoms with van der Waals surface area (Å²) in [5.41, 5.74) is 1.07. The van der Waals surface area contributed by atoms with Crippen molar-refractivity contribution in [3.63, 3.8) is 0 Å². The summed E-state index contributed by atoms with van der Waals surface area (Å²) in [6.07, 6.45) is 0. The van der Waals surface area contributed by atoms with Gasteiger partial charge in [-0.25, -0.2) is 0 Å². The molecule has 1 aliphatic rings. The first-order chi connectivity index (χ1) is 12.5. The first-order valence-corrected chi connectivity index (χ1v) is 9.31. The number of benzene rings is 2. The van der Waals surface area contributed by atoms with E-state index in [9.17, 15) is 9.59 Å². The zero-order valence-electron chi connectivity index (χ0n) is 15.1. The number of hydrogen-bond acceptors (Lipinski definition) is 4. The summed E-state index contributed by atoms with van der Waals surface area (Å²) in [6, 6.07) is 16.9. The lowest BCUT2D eigenvalue weighted by Crippen LogP contribution is -2.34. The van der Waals surface area contributed by atoms with Gasteiger partial charge in [-0.3, -0.25) is 14.5 Å². The number of nitrogens with zero attached hydrogens (tertiary/aromatic N) is 1. The Bertz CT molecular complexity index is 859. The smallest absolute Gasteiger partial charge is 0.268 e. The Balaban J connectivity index is 2.11. The van der Waals surface area contributed by atoms with Crippen molar-refractivity contribution in [1.82, 2.24) is 4.90 Å². The van der Waals surface area contributed by atoms with Crippen LogP contribution in [0.4, 0.5) is 0 Å². The van der Waals surface area contributed by atoms with Crippen molar-refractivity contribution in [3.05, 3.63) is 65.1 Å². The summed E-state index contributed by atoms with van der Waals surface area (Å²) in [5.74, 6) is 0.286. The molecule has 26 heavy (non-hydrogen) atoms. The van der Waals surface area contributed by atoms with Gasteiger partial charge in [-0.05, 0) is 24.1 Å². The molecule has 0 aliphatic carbocycles. The van der Waals surface area contributed by atoms with Crippen molar-refractivity contribution in [2.75, 3.05) is 13.7 Å². The van der Waals surface area contributed by atoms with Crippen molar-refractivity contribution < 1.29 is 14.3 Å². The van der Waals surface area contributed by atoms with Crippen molar-refractivity contribution in [3.8, 4) is 5.75 Å². The number of imide groups is 1. The van der Waals surface area contributed by atoms with Gasteiger partial charge in [0.1, 0.15) is 5.75 Å². The number of amides is 2. The number of carbonyl (C=O) groups excluding carboxylic acids is 2. The van der Waals surface area contributed by atoms with Crippen LogP contribution in [0.25, 0.3) is 5.57 Å². The van der Waals surface area contributed by atoms with Crippen LogP contribution < -0.4 is 4.74 Å². The highest BCUT2D eigenvalue weighted by Crippen LogP contribution is 2.42. The molecule has 0 atom stereocenters. The molecular weight excluding hydrogens is 346 g/mol. The minimum Gasteiger partial charge on any atom is -0.496 e. The van der Waals surface area contributed by atoms with Crippen molar-refractivity contribution >= 4 is 29.1 Å². The number of rotatable bonds is 6. The number of carbonyl (C=O) groups is 2. The van der Waals surface area contributed by atoms with Gasteiger partial charge in [0.05, 0.1) is 17.6 Å². The SMILES string of the molecule is COc1ccccc1C1=C(Sc2ccccc2)C(=O)N(CC(C)C)C1=O. The van der Waals surface area contributed by atoms with Gasteiger partial charge in [-0.1, -0.05) is 62.0 Å². The fraction of sp³-hybridized carbons (Fsp3) is 0.238. The molecule has 0 spiro atoms. The number of para-hydroxylation sites is 1. The van der Waals surface area contributed by atoms with Crippen LogP contribution in [-0.2, 0) is 9.59 Å². The molecule has 0 bridgehead atoms. The molecule has 2 aromatic rings. The quantitative estimate of drug-likeness (QED) is 0.717. The Hall–Kier alpha value is -2.53. The molecule has 2 aromatic carbocycles. The summed E-state index contributed by atoms with van der Waals surface area (Å²) in [7, 11) is 1.57. The minimum atomic E-state index is -0.258. The first-order valence-electron chi connectivity index (χ1n) is 8.49. The Labute approximate surface area is 157 Å². The van der Waals surface area contributed by atoms with Crippen LogP contribution in [0.1, 0.15) is 19.4 Å². The van der Waals surface area contributed by atoms with Crippen molar-refractivity contribution in [2.24, 2.45) is 5.92 Å². The second-order valence-electron chi connectivity index (χ2n) is 6.43. The Morgan fingerprint density at radius 1 is 0.962 bits per heavy atom. The highest BCUT2D eigenvalue weighted by Gasteiger charge is 2.40. The van der Waals surface area contributed by atoms with E-state index < -0.39 is 0 Å². The van der Waals surface area contributed by atoms with Crippen LogP contribution in [0.3, 0.4) is 0 Å². The summed E-state index contributed by atoms with van der Waals surface area (Å²) in [6.45, 7) is 4.38. The summed E-state index contributed by atoms with van der Waals surface area (Å²) < 4.78 is 5.43. The Morgan fingerprint density at radius 2 is 1.62 bits per heavy atom.